The minimum absolute atomic E-state index is 0.203. The van der Waals surface area contributed by atoms with Gasteiger partial charge in [0.1, 0.15) is 5.00 Å². The number of amides is 2. The number of thiophene rings is 1. The number of nitrogens with zero attached hydrogens (tertiary/aromatic N) is 1. The maximum absolute atomic E-state index is 13.0. The Bertz CT molecular complexity index is 1000. The first-order valence-corrected chi connectivity index (χ1v) is 10.4. The van der Waals surface area contributed by atoms with Gasteiger partial charge in [0.2, 0.25) is 0 Å². The standard InChI is InChI=1S/C21H24N2O7S/c1-5-30-20(25)16-12-9-10-23(21(26)29-4)11-15(12)31-19(16)22-18(24)13-7-6-8-14(27-2)17(13)28-3/h6-8H,5,9-11H2,1-4H3,(H,22,24). The summed E-state index contributed by atoms with van der Waals surface area (Å²) in [5, 5.41) is 3.18. The molecule has 1 aliphatic rings. The number of methoxy groups -OCH3 is 3. The van der Waals surface area contributed by atoms with Crippen molar-refractivity contribution in [1.29, 1.82) is 0 Å². The Labute approximate surface area is 183 Å². The Hall–Kier alpha value is -3.27. The Morgan fingerprint density at radius 3 is 2.58 bits per heavy atom. The highest BCUT2D eigenvalue weighted by molar-refractivity contribution is 7.17. The van der Waals surface area contributed by atoms with E-state index in [2.05, 4.69) is 5.32 Å². The molecule has 0 radical (unpaired) electrons. The van der Waals surface area contributed by atoms with Gasteiger partial charge in [-0.1, -0.05) is 6.07 Å². The van der Waals surface area contributed by atoms with Crippen molar-refractivity contribution >= 4 is 34.3 Å². The second-order valence-electron chi connectivity index (χ2n) is 6.57. The fourth-order valence-corrected chi connectivity index (χ4v) is 4.68. The van der Waals surface area contributed by atoms with E-state index in [0.29, 0.717) is 35.0 Å². The summed E-state index contributed by atoms with van der Waals surface area (Å²) < 4.78 is 20.6. The molecular formula is C21H24N2O7S. The van der Waals surface area contributed by atoms with E-state index >= 15 is 0 Å². The van der Waals surface area contributed by atoms with E-state index in [1.807, 2.05) is 0 Å². The van der Waals surface area contributed by atoms with Gasteiger partial charge in [-0.3, -0.25) is 4.79 Å². The third-order valence-corrected chi connectivity index (χ3v) is 5.98. The van der Waals surface area contributed by atoms with Crippen LogP contribution in [0.3, 0.4) is 0 Å². The van der Waals surface area contributed by atoms with Crippen molar-refractivity contribution < 1.29 is 33.3 Å². The van der Waals surface area contributed by atoms with E-state index in [1.54, 1.807) is 30.0 Å². The summed E-state index contributed by atoms with van der Waals surface area (Å²) in [5.41, 5.74) is 1.36. The lowest BCUT2D eigenvalue weighted by atomic mass is 10.0. The Morgan fingerprint density at radius 1 is 1.16 bits per heavy atom. The molecule has 0 spiro atoms. The van der Waals surface area contributed by atoms with Crippen molar-refractivity contribution in [3.63, 3.8) is 0 Å². The molecule has 2 heterocycles. The van der Waals surface area contributed by atoms with Crippen molar-refractivity contribution in [2.45, 2.75) is 19.9 Å². The number of hydrogen-bond acceptors (Lipinski definition) is 8. The predicted molar refractivity (Wildman–Crippen MR) is 114 cm³/mol. The number of para-hydroxylation sites is 1. The maximum Gasteiger partial charge on any atom is 0.409 e. The van der Waals surface area contributed by atoms with Crippen molar-refractivity contribution in [3.05, 3.63) is 39.8 Å². The first kappa shape index (κ1) is 22.4. The molecule has 0 unspecified atom stereocenters. The molecule has 9 nitrogen and oxygen atoms in total. The summed E-state index contributed by atoms with van der Waals surface area (Å²) in [6.07, 6.45) is 0.0106. The van der Waals surface area contributed by atoms with Crippen LogP contribution >= 0.6 is 11.3 Å². The molecule has 0 fully saturated rings. The van der Waals surface area contributed by atoms with E-state index in [0.717, 1.165) is 10.4 Å². The first-order valence-electron chi connectivity index (χ1n) is 9.61. The van der Waals surface area contributed by atoms with E-state index in [1.165, 1.54) is 32.7 Å². The van der Waals surface area contributed by atoms with E-state index in [9.17, 15) is 14.4 Å². The molecule has 10 heteroatoms. The molecule has 3 rings (SSSR count). The fourth-order valence-electron chi connectivity index (χ4n) is 3.43. The fraction of sp³-hybridized carbons (Fsp3) is 0.381. The number of anilines is 1. The Morgan fingerprint density at radius 2 is 1.94 bits per heavy atom. The monoisotopic (exact) mass is 448 g/mol. The molecule has 1 aromatic carbocycles. The zero-order chi connectivity index (χ0) is 22.5. The average Bonchev–Trinajstić information content (AvgIpc) is 3.14. The van der Waals surface area contributed by atoms with Gasteiger partial charge in [0.15, 0.2) is 11.5 Å². The lowest BCUT2D eigenvalue weighted by Crippen LogP contribution is -2.35. The molecule has 1 N–H and O–H groups in total. The zero-order valence-electron chi connectivity index (χ0n) is 17.8. The van der Waals surface area contributed by atoms with Crippen LogP contribution in [0.15, 0.2) is 18.2 Å². The van der Waals surface area contributed by atoms with Crippen molar-refractivity contribution in [2.75, 3.05) is 39.8 Å². The number of benzene rings is 1. The summed E-state index contributed by atoms with van der Waals surface area (Å²) >= 11 is 1.24. The minimum Gasteiger partial charge on any atom is -0.493 e. The highest BCUT2D eigenvalue weighted by Crippen LogP contribution is 2.39. The van der Waals surface area contributed by atoms with Crippen LogP contribution in [0.2, 0.25) is 0 Å². The predicted octanol–water partition coefficient (Wildman–Crippen LogP) is 3.32. The van der Waals surface area contributed by atoms with E-state index < -0.39 is 18.0 Å². The Kier molecular flexibility index (Phi) is 7.01. The smallest absolute Gasteiger partial charge is 0.409 e. The molecule has 1 aromatic heterocycles. The van der Waals surface area contributed by atoms with Gasteiger partial charge in [0, 0.05) is 11.4 Å². The number of ether oxygens (including phenoxy) is 4. The van der Waals surface area contributed by atoms with Gasteiger partial charge < -0.3 is 29.2 Å². The van der Waals surface area contributed by atoms with Crippen molar-refractivity contribution in [1.82, 2.24) is 4.90 Å². The van der Waals surface area contributed by atoms with Crippen LogP contribution in [0.4, 0.5) is 9.80 Å². The van der Waals surface area contributed by atoms with Crippen LogP contribution in [-0.4, -0.2) is 57.4 Å². The molecule has 166 valence electrons. The molecular weight excluding hydrogens is 424 g/mol. The van der Waals surface area contributed by atoms with E-state index in [4.69, 9.17) is 18.9 Å². The summed E-state index contributed by atoms with van der Waals surface area (Å²) in [4.78, 5) is 40.0. The molecule has 0 aliphatic carbocycles. The normalized spacial score (nSPS) is 12.6. The summed E-state index contributed by atoms with van der Waals surface area (Å²) in [6.45, 7) is 2.61. The lowest BCUT2D eigenvalue weighted by Gasteiger charge is -2.25. The van der Waals surface area contributed by atoms with Gasteiger partial charge >= 0.3 is 12.1 Å². The number of carbonyl (C=O) groups is 3. The van der Waals surface area contributed by atoms with Gasteiger partial charge in [-0.25, -0.2) is 9.59 Å². The number of carbonyl (C=O) groups excluding carboxylic acids is 3. The molecule has 0 bridgehead atoms. The van der Waals surface area contributed by atoms with Gasteiger partial charge in [0.25, 0.3) is 5.91 Å². The second-order valence-corrected chi connectivity index (χ2v) is 7.67. The zero-order valence-corrected chi connectivity index (χ0v) is 18.6. The largest absolute Gasteiger partial charge is 0.493 e. The third-order valence-electron chi connectivity index (χ3n) is 4.84. The molecule has 0 saturated heterocycles. The number of esters is 1. The number of nitrogens with one attached hydrogen (secondary N) is 1. The molecule has 31 heavy (non-hydrogen) atoms. The molecule has 0 atom stereocenters. The first-order chi connectivity index (χ1) is 14.9. The van der Waals surface area contributed by atoms with Gasteiger partial charge in [0.05, 0.1) is 45.6 Å². The molecule has 2 aromatic rings. The van der Waals surface area contributed by atoms with Crippen LogP contribution in [0, 0.1) is 0 Å². The number of hydrogen-bond donors (Lipinski definition) is 1. The highest BCUT2D eigenvalue weighted by atomic mass is 32.1. The number of fused-ring (bicyclic) bond motifs is 1. The van der Waals surface area contributed by atoms with Gasteiger partial charge in [-0.2, -0.15) is 0 Å². The summed E-state index contributed by atoms with van der Waals surface area (Å²) in [5.74, 6) is -0.262. The quantitative estimate of drug-likeness (QED) is 0.676. The van der Waals surface area contributed by atoms with Crippen LogP contribution in [-0.2, 0) is 22.4 Å². The van der Waals surface area contributed by atoms with Gasteiger partial charge in [-0.05, 0) is 31.0 Å². The Balaban J connectivity index is 1.98. The number of rotatable bonds is 6. The van der Waals surface area contributed by atoms with E-state index in [-0.39, 0.29) is 18.7 Å². The van der Waals surface area contributed by atoms with Crippen molar-refractivity contribution in [2.24, 2.45) is 0 Å². The summed E-state index contributed by atoms with van der Waals surface area (Å²) in [6, 6.07) is 4.97. The minimum atomic E-state index is -0.514. The molecule has 2 amide bonds. The average molecular weight is 448 g/mol. The van der Waals surface area contributed by atoms with Crippen LogP contribution in [0.1, 0.15) is 38.1 Å². The van der Waals surface area contributed by atoms with Crippen LogP contribution < -0.4 is 14.8 Å². The molecule has 1 aliphatic heterocycles. The highest BCUT2D eigenvalue weighted by Gasteiger charge is 2.32. The lowest BCUT2D eigenvalue weighted by molar-refractivity contribution is 0.0526. The van der Waals surface area contributed by atoms with Crippen LogP contribution in [0.25, 0.3) is 0 Å². The SMILES string of the molecule is CCOC(=O)c1c(NC(=O)c2cccc(OC)c2OC)sc2c1CCN(C(=O)OC)C2. The van der Waals surface area contributed by atoms with Gasteiger partial charge in [-0.15, -0.1) is 11.3 Å². The third kappa shape index (κ3) is 4.43. The second kappa shape index (κ2) is 9.69. The molecule has 0 saturated carbocycles. The summed E-state index contributed by atoms with van der Waals surface area (Å²) in [7, 11) is 4.26. The van der Waals surface area contributed by atoms with Crippen molar-refractivity contribution in [3.8, 4) is 11.5 Å². The van der Waals surface area contributed by atoms with Crippen LogP contribution in [0.5, 0.6) is 11.5 Å². The maximum atomic E-state index is 13.0. The topological polar surface area (TPSA) is 103 Å².